The molecule has 1 aliphatic rings. The smallest absolute Gasteiger partial charge is 0.258 e. The molecule has 1 atom stereocenters. The van der Waals surface area contributed by atoms with Gasteiger partial charge < -0.3 is 19.9 Å². The molecule has 0 radical (unpaired) electrons. The molecule has 2 aromatic rings. The van der Waals surface area contributed by atoms with Crippen LogP contribution in [0.2, 0.25) is 5.02 Å². The summed E-state index contributed by atoms with van der Waals surface area (Å²) >= 11 is 6.15. The normalized spacial score (nSPS) is 16.1. The number of ether oxygens (including phenoxy) is 1. The average Bonchev–Trinajstić information content (AvgIpc) is 2.60. The third kappa shape index (κ3) is 3.57. The second-order valence-corrected chi connectivity index (χ2v) is 7.39. The molecule has 0 bridgehead atoms. The predicted molar refractivity (Wildman–Crippen MR) is 104 cm³/mol. The SMILES string of the molecule is Cc1cc2c(c(=O)n1CC[NH+](C)C)[C@@H](c1cccc(Cl)c1)C(C#N)=C(N)O2. The molecule has 3 N–H and O–H groups in total. The maximum absolute atomic E-state index is 13.4. The summed E-state index contributed by atoms with van der Waals surface area (Å²) in [5, 5.41) is 10.2. The maximum Gasteiger partial charge on any atom is 0.258 e. The zero-order valence-electron chi connectivity index (χ0n) is 15.5. The molecule has 7 heteroatoms. The molecule has 6 nitrogen and oxygen atoms in total. The van der Waals surface area contributed by atoms with Crippen LogP contribution in [0.3, 0.4) is 0 Å². The zero-order valence-corrected chi connectivity index (χ0v) is 16.3. The Hall–Kier alpha value is -2.75. The quantitative estimate of drug-likeness (QED) is 0.827. The standard InChI is InChI=1S/C20H21ClN4O2/c1-12-9-16-18(20(26)25(12)8-7-24(2)3)17(15(11-22)19(23)27-16)13-5-4-6-14(21)10-13/h4-6,9-10,17H,7-8,23H2,1-3H3/p+1/t17-/m0/s1. The van der Waals surface area contributed by atoms with Crippen LogP contribution in [0.25, 0.3) is 0 Å². The molecule has 2 heterocycles. The van der Waals surface area contributed by atoms with Crippen LogP contribution in [0.5, 0.6) is 5.75 Å². The van der Waals surface area contributed by atoms with E-state index in [2.05, 4.69) is 6.07 Å². The van der Waals surface area contributed by atoms with E-state index in [9.17, 15) is 10.1 Å². The second kappa shape index (κ2) is 7.47. The molecule has 0 amide bonds. The Morgan fingerprint density at radius 1 is 1.37 bits per heavy atom. The van der Waals surface area contributed by atoms with E-state index in [0.717, 1.165) is 17.8 Å². The van der Waals surface area contributed by atoms with Crippen LogP contribution in [0.1, 0.15) is 22.7 Å². The first-order valence-electron chi connectivity index (χ1n) is 8.70. The second-order valence-electron chi connectivity index (χ2n) is 6.96. The third-order valence-corrected chi connectivity index (χ3v) is 4.94. The number of allylic oxidation sites excluding steroid dienone is 1. The first-order chi connectivity index (χ1) is 12.8. The monoisotopic (exact) mass is 385 g/mol. The summed E-state index contributed by atoms with van der Waals surface area (Å²) < 4.78 is 7.37. The van der Waals surface area contributed by atoms with Gasteiger partial charge in [-0.1, -0.05) is 23.7 Å². The van der Waals surface area contributed by atoms with Gasteiger partial charge in [-0.05, 0) is 24.6 Å². The molecule has 1 aromatic carbocycles. The lowest BCUT2D eigenvalue weighted by Crippen LogP contribution is -3.06. The fourth-order valence-corrected chi connectivity index (χ4v) is 3.52. The summed E-state index contributed by atoms with van der Waals surface area (Å²) in [5.74, 6) is -0.194. The van der Waals surface area contributed by atoms with Gasteiger partial charge in [-0.25, -0.2) is 0 Å². The Balaban J connectivity index is 2.24. The van der Waals surface area contributed by atoms with Crippen molar-refractivity contribution in [1.82, 2.24) is 4.57 Å². The first kappa shape index (κ1) is 19.0. The number of rotatable bonds is 4. The number of fused-ring (bicyclic) bond motifs is 1. The van der Waals surface area contributed by atoms with Gasteiger partial charge in [0.2, 0.25) is 5.88 Å². The molecule has 0 saturated carbocycles. The van der Waals surface area contributed by atoms with Crippen LogP contribution in [0.15, 0.2) is 46.6 Å². The Bertz CT molecular complexity index is 1020. The number of hydrogen-bond acceptors (Lipinski definition) is 4. The van der Waals surface area contributed by atoms with E-state index in [-0.39, 0.29) is 17.0 Å². The number of hydrogen-bond donors (Lipinski definition) is 2. The molecule has 0 fully saturated rings. The van der Waals surface area contributed by atoms with Gasteiger partial charge >= 0.3 is 0 Å². The summed E-state index contributed by atoms with van der Waals surface area (Å²) in [6.07, 6.45) is 0. The highest BCUT2D eigenvalue weighted by molar-refractivity contribution is 6.30. The number of likely N-dealkylation sites (N-methyl/N-ethyl adjacent to an activating group) is 1. The lowest BCUT2D eigenvalue weighted by molar-refractivity contribution is -0.858. The largest absolute Gasteiger partial charge is 0.440 e. The average molecular weight is 386 g/mol. The van der Waals surface area contributed by atoms with E-state index in [1.54, 1.807) is 28.8 Å². The summed E-state index contributed by atoms with van der Waals surface area (Å²) in [4.78, 5) is 14.6. The summed E-state index contributed by atoms with van der Waals surface area (Å²) in [6, 6.07) is 11.0. The molecule has 140 valence electrons. The Kier molecular flexibility index (Phi) is 5.26. The van der Waals surface area contributed by atoms with Crippen molar-refractivity contribution in [2.75, 3.05) is 20.6 Å². The Morgan fingerprint density at radius 3 is 2.74 bits per heavy atom. The molecule has 0 aliphatic carbocycles. The number of nitrogens with two attached hydrogens (primary N) is 1. The minimum atomic E-state index is -0.608. The van der Waals surface area contributed by atoms with Gasteiger partial charge in [-0.3, -0.25) is 4.79 Å². The Morgan fingerprint density at radius 2 is 2.11 bits per heavy atom. The van der Waals surface area contributed by atoms with Crippen LogP contribution in [0.4, 0.5) is 0 Å². The van der Waals surface area contributed by atoms with E-state index >= 15 is 0 Å². The lowest BCUT2D eigenvalue weighted by Gasteiger charge is -2.27. The molecule has 0 saturated heterocycles. The molecule has 0 unspecified atom stereocenters. The van der Waals surface area contributed by atoms with Crippen molar-refractivity contribution in [2.45, 2.75) is 19.4 Å². The maximum atomic E-state index is 13.4. The van der Waals surface area contributed by atoms with Crippen molar-refractivity contribution in [3.63, 3.8) is 0 Å². The molecular formula is C20H22ClN4O2+. The number of quaternary nitrogens is 1. The van der Waals surface area contributed by atoms with E-state index in [1.165, 1.54) is 4.90 Å². The van der Waals surface area contributed by atoms with Crippen LogP contribution in [0, 0.1) is 18.3 Å². The molecule has 27 heavy (non-hydrogen) atoms. The molecule has 1 aliphatic heterocycles. The molecular weight excluding hydrogens is 364 g/mol. The van der Waals surface area contributed by atoms with Gasteiger partial charge in [0, 0.05) is 16.8 Å². The number of halogens is 1. The minimum absolute atomic E-state index is 0.0178. The van der Waals surface area contributed by atoms with E-state index < -0.39 is 5.92 Å². The number of aryl methyl sites for hydroxylation is 1. The van der Waals surface area contributed by atoms with Gasteiger partial charge in [-0.2, -0.15) is 5.26 Å². The highest BCUT2D eigenvalue weighted by atomic mass is 35.5. The topological polar surface area (TPSA) is 85.5 Å². The van der Waals surface area contributed by atoms with Crippen LogP contribution in [-0.2, 0) is 6.54 Å². The summed E-state index contributed by atoms with van der Waals surface area (Å²) in [6.45, 7) is 3.24. The third-order valence-electron chi connectivity index (χ3n) is 4.71. The predicted octanol–water partition coefficient (Wildman–Crippen LogP) is 1.17. The van der Waals surface area contributed by atoms with Crippen LogP contribution < -0.4 is 20.9 Å². The fraction of sp³-hybridized carbons (Fsp3) is 0.300. The van der Waals surface area contributed by atoms with Crippen molar-refractivity contribution in [1.29, 1.82) is 5.26 Å². The van der Waals surface area contributed by atoms with Crippen molar-refractivity contribution in [3.05, 3.63) is 74.0 Å². The number of nitriles is 1. The van der Waals surface area contributed by atoms with Crippen LogP contribution in [-0.4, -0.2) is 25.2 Å². The highest BCUT2D eigenvalue weighted by Gasteiger charge is 2.34. The fourth-order valence-electron chi connectivity index (χ4n) is 3.32. The van der Waals surface area contributed by atoms with Crippen molar-refractivity contribution >= 4 is 11.6 Å². The molecule has 1 aromatic heterocycles. The molecule has 3 rings (SSSR count). The first-order valence-corrected chi connectivity index (χ1v) is 9.07. The number of nitrogens with one attached hydrogen (secondary N) is 1. The van der Waals surface area contributed by atoms with Gasteiger partial charge in [0.25, 0.3) is 5.56 Å². The van der Waals surface area contributed by atoms with Gasteiger partial charge in [0.1, 0.15) is 17.4 Å². The minimum Gasteiger partial charge on any atom is -0.440 e. The number of pyridine rings is 1. The van der Waals surface area contributed by atoms with Crippen LogP contribution >= 0.6 is 11.6 Å². The zero-order chi connectivity index (χ0) is 19.7. The van der Waals surface area contributed by atoms with E-state index in [0.29, 0.717) is 22.9 Å². The molecule has 0 spiro atoms. The van der Waals surface area contributed by atoms with Gasteiger partial charge in [0.05, 0.1) is 38.7 Å². The summed E-state index contributed by atoms with van der Waals surface area (Å²) in [5.41, 5.74) is 7.99. The van der Waals surface area contributed by atoms with Crippen molar-refractivity contribution in [3.8, 4) is 11.8 Å². The van der Waals surface area contributed by atoms with Crippen molar-refractivity contribution in [2.24, 2.45) is 5.73 Å². The van der Waals surface area contributed by atoms with Gasteiger partial charge in [0.15, 0.2) is 0 Å². The number of benzene rings is 1. The summed E-state index contributed by atoms with van der Waals surface area (Å²) in [7, 11) is 4.07. The number of aromatic nitrogens is 1. The Labute approximate surface area is 163 Å². The number of nitrogens with zero attached hydrogens (tertiary/aromatic N) is 2. The van der Waals surface area contributed by atoms with Gasteiger partial charge in [-0.15, -0.1) is 0 Å². The van der Waals surface area contributed by atoms with E-state index in [4.69, 9.17) is 22.1 Å². The van der Waals surface area contributed by atoms with Crippen molar-refractivity contribution < 1.29 is 9.64 Å². The lowest BCUT2D eigenvalue weighted by atomic mass is 9.84. The van der Waals surface area contributed by atoms with E-state index in [1.807, 2.05) is 27.1 Å². The highest BCUT2D eigenvalue weighted by Crippen LogP contribution is 2.40.